The van der Waals surface area contributed by atoms with Gasteiger partial charge in [0.1, 0.15) is 12.4 Å². The van der Waals surface area contributed by atoms with Gasteiger partial charge in [0.2, 0.25) is 0 Å². The summed E-state index contributed by atoms with van der Waals surface area (Å²) in [6.07, 6.45) is 8.65. The van der Waals surface area contributed by atoms with Crippen LogP contribution in [0.5, 0.6) is 0 Å². The van der Waals surface area contributed by atoms with Crippen molar-refractivity contribution >= 4 is 12.2 Å². The fraction of sp³-hybridized carbons (Fsp3) is 0.111. The van der Waals surface area contributed by atoms with Crippen LogP contribution in [0.3, 0.4) is 0 Å². The van der Waals surface area contributed by atoms with E-state index in [4.69, 9.17) is 0 Å². The maximum atomic E-state index is 2.18. The van der Waals surface area contributed by atoms with Gasteiger partial charge in [0, 0.05) is 0 Å². The van der Waals surface area contributed by atoms with Gasteiger partial charge >= 0.3 is 0 Å². The van der Waals surface area contributed by atoms with E-state index in [0.29, 0.717) is 4.48 Å². The number of rotatable bonds is 4. The van der Waals surface area contributed by atoms with Crippen LogP contribution in [0.2, 0.25) is 0 Å². The van der Waals surface area contributed by atoms with Gasteiger partial charge in [0.05, 0.1) is 14.1 Å². The molecule has 19 heavy (non-hydrogen) atoms. The summed E-state index contributed by atoms with van der Waals surface area (Å²) >= 11 is 0. The molecule has 1 heteroatoms. The van der Waals surface area contributed by atoms with Gasteiger partial charge in [-0.05, 0) is 23.3 Å². The maximum absolute atomic E-state index is 2.18. The molecule has 2 aromatic carbocycles. The molecule has 1 nitrogen and oxygen atoms in total. The minimum Gasteiger partial charge on any atom is -0.276 e. The number of benzene rings is 2. The Balaban J connectivity index is 2.06. The molecule has 2 rings (SSSR count). The summed E-state index contributed by atoms with van der Waals surface area (Å²) < 4.78 is 0.712. The van der Waals surface area contributed by atoms with Crippen molar-refractivity contribution in [2.75, 3.05) is 14.1 Å². The van der Waals surface area contributed by atoms with Crippen LogP contribution >= 0.6 is 0 Å². The predicted molar refractivity (Wildman–Crippen MR) is 83.1 cm³/mol. The summed E-state index contributed by atoms with van der Waals surface area (Å²) in [5.74, 6) is 0. The van der Waals surface area contributed by atoms with E-state index in [1.165, 1.54) is 11.1 Å². The summed E-state index contributed by atoms with van der Waals surface area (Å²) in [6, 6.07) is 20.7. The summed E-state index contributed by atoms with van der Waals surface area (Å²) in [5, 5.41) is 0. The molecule has 0 heterocycles. The molecule has 0 amide bonds. The minimum atomic E-state index is 0.712. The average molecular weight is 250 g/mol. The second-order valence-corrected chi connectivity index (χ2v) is 5.08. The third-order valence-corrected chi connectivity index (χ3v) is 2.90. The average Bonchev–Trinajstić information content (AvgIpc) is 2.46. The van der Waals surface area contributed by atoms with E-state index in [1.54, 1.807) is 0 Å². The highest BCUT2D eigenvalue weighted by Crippen LogP contribution is 2.09. The summed E-state index contributed by atoms with van der Waals surface area (Å²) in [7, 11) is 4.30. The Kier molecular flexibility index (Phi) is 4.32. The van der Waals surface area contributed by atoms with E-state index >= 15 is 0 Å². The zero-order valence-corrected chi connectivity index (χ0v) is 11.5. The standard InChI is InChI=1S/C18H20N/c1-19(2,15-13-17-9-5-3-6-10-17)16-14-18-11-7-4-8-12-18/h3-16H,1-2H3/q+1. The van der Waals surface area contributed by atoms with Gasteiger partial charge in [-0.2, -0.15) is 0 Å². The van der Waals surface area contributed by atoms with Crippen molar-refractivity contribution in [2.45, 2.75) is 0 Å². The van der Waals surface area contributed by atoms with Crippen molar-refractivity contribution in [3.05, 3.63) is 84.2 Å². The van der Waals surface area contributed by atoms with Crippen LogP contribution in [-0.4, -0.2) is 18.6 Å². The molecule has 0 saturated carbocycles. The van der Waals surface area contributed by atoms with Crippen molar-refractivity contribution in [3.8, 4) is 0 Å². The molecule has 0 spiro atoms. The van der Waals surface area contributed by atoms with Gasteiger partial charge < -0.3 is 0 Å². The Labute approximate surface area is 115 Å². The number of hydrogen-bond donors (Lipinski definition) is 0. The van der Waals surface area contributed by atoms with Crippen LogP contribution in [0.15, 0.2) is 73.1 Å². The van der Waals surface area contributed by atoms with Crippen LogP contribution in [-0.2, 0) is 0 Å². The first kappa shape index (κ1) is 13.3. The van der Waals surface area contributed by atoms with Crippen molar-refractivity contribution in [1.82, 2.24) is 0 Å². The Morgan fingerprint density at radius 2 is 1.00 bits per heavy atom. The molecule has 0 N–H and O–H groups in total. The maximum Gasteiger partial charge on any atom is 0.101 e. The van der Waals surface area contributed by atoms with E-state index in [0.717, 1.165) is 0 Å². The van der Waals surface area contributed by atoms with E-state index in [2.05, 4.69) is 87.2 Å². The van der Waals surface area contributed by atoms with Crippen LogP contribution < -0.4 is 0 Å². The molecule has 0 atom stereocenters. The van der Waals surface area contributed by atoms with Gasteiger partial charge in [-0.25, -0.2) is 0 Å². The van der Waals surface area contributed by atoms with E-state index in [9.17, 15) is 0 Å². The second-order valence-electron chi connectivity index (χ2n) is 5.08. The van der Waals surface area contributed by atoms with Crippen LogP contribution in [0.4, 0.5) is 0 Å². The SMILES string of the molecule is C[N+](C)(C=Cc1ccccc1)C=Cc1ccccc1. The second kappa shape index (κ2) is 6.17. The molecule has 0 aliphatic carbocycles. The lowest BCUT2D eigenvalue weighted by atomic mass is 10.2. The third-order valence-electron chi connectivity index (χ3n) is 2.90. The van der Waals surface area contributed by atoms with E-state index in [-0.39, 0.29) is 0 Å². The molecule has 0 radical (unpaired) electrons. The Morgan fingerprint density at radius 3 is 1.37 bits per heavy atom. The van der Waals surface area contributed by atoms with Crippen LogP contribution in [0, 0.1) is 0 Å². The molecule has 0 unspecified atom stereocenters. The molecule has 0 aliphatic rings. The highest BCUT2D eigenvalue weighted by Gasteiger charge is 2.05. The van der Waals surface area contributed by atoms with Gasteiger partial charge in [-0.1, -0.05) is 60.7 Å². The molecule has 96 valence electrons. The quantitative estimate of drug-likeness (QED) is 0.705. The van der Waals surface area contributed by atoms with Crippen LogP contribution in [0.1, 0.15) is 11.1 Å². The van der Waals surface area contributed by atoms with Gasteiger partial charge in [0.25, 0.3) is 0 Å². The van der Waals surface area contributed by atoms with Gasteiger partial charge in [0.15, 0.2) is 0 Å². The van der Waals surface area contributed by atoms with E-state index in [1.807, 2.05) is 12.1 Å². The number of nitrogens with zero attached hydrogens (tertiary/aromatic N) is 1. The Hall–Kier alpha value is -2.12. The number of hydrogen-bond acceptors (Lipinski definition) is 0. The fourth-order valence-electron chi connectivity index (χ4n) is 1.73. The summed E-state index contributed by atoms with van der Waals surface area (Å²) in [4.78, 5) is 0. The first-order valence-corrected chi connectivity index (χ1v) is 6.48. The lowest BCUT2D eigenvalue weighted by molar-refractivity contribution is -0.782. The van der Waals surface area contributed by atoms with Crippen molar-refractivity contribution in [2.24, 2.45) is 0 Å². The van der Waals surface area contributed by atoms with Gasteiger partial charge in [-0.15, -0.1) is 0 Å². The first-order chi connectivity index (χ1) is 9.16. The monoisotopic (exact) mass is 250 g/mol. The molecular weight excluding hydrogens is 230 g/mol. The first-order valence-electron chi connectivity index (χ1n) is 6.48. The zero-order chi connectivity index (χ0) is 13.6. The smallest absolute Gasteiger partial charge is 0.101 e. The van der Waals surface area contributed by atoms with Gasteiger partial charge in [-0.3, -0.25) is 4.48 Å². The molecule has 2 aromatic rings. The molecule has 0 saturated heterocycles. The molecule has 0 bridgehead atoms. The molecule has 0 fully saturated rings. The lowest BCUT2D eigenvalue weighted by Crippen LogP contribution is -2.25. The Bertz CT molecular complexity index is 499. The summed E-state index contributed by atoms with van der Waals surface area (Å²) in [5.41, 5.74) is 2.45. The molecular formula is C18H20N+. The topological polar surface area (TPSA) is 0 Å². The highest BCUT2D eigenvalue weighted by atomic mass is 15.3. The Morgan fingerprint density at radius 1 is 0.632 bits per heavy atom. The zero-order valence-electron chi connectivity index (χ0n) is 11.5. The minimum absolute atomic E-state index is 0.712. The highest BCUT2D eigenvalue weighted by molar-refractivity contribution is 5.49. The molecule has 0 aromatic heterocycles. The molecule has 0 aliphatic heterocycles. The van der Waals surface area contributed by atoms with Crippen molar-refractivity contribution in [1.29, 1.82) is 0 Å². The van der Waals surface area contributed by atoms with Crippen molar-refractivity contribution in [3.63, 3.8) is 0 Å². The fourth-order valence-corrected chi connectivity index (χ4v) is 1.73. The predicted octanol–water partition coefficient (Wildman–Crippen LogP) is 4.40. The number of quaternary nitrogens is 1. The van der Waals surface area contributed by atoms with Crippen LogP contribution in [0.25, 0.3) is 12.2 Å². The normalized spacial score (nSPS) is 12.3. The third kappa shape index (κ3) is 4.57. The lowest BCUT2D eigenvalue weighted by Gasteiger charge is -2.19. The van der Waals surface area contributed by atoms with E-state index < -0.39 is 0 Å². The van der Waals surface area contributed by atoms with Crippen molar-refractivity contribution < 1.29 is 4.48 Å². The largest absolute Gasteiger partial charge is 0.276 e. The summed E-state index contributed by atoms with van der Waals surface area (Å²) in [6.45, 7) is 0.